The van der Waals surface area contributed by atoms with Crippen LogP contribution in [0.5, 0.6) is 11.5 Å². The molecule has 2 fully saturated rings. The van der Waals surface area contributed by atoms with Gasteiger partial charge in [0.1, 0.15) is 11.5 Å². The Morgan fingerprint density at radius 2 is 1.48 bits per heavy atom. The number of hydrogen-bond acceptors (Lipinski definition) is 6. The van der Waals surface area contributed by atoms with Gasteiger partial charge in [-0.25, -0.2) is 12.7 Å². The van der Waals surface area contributed by atoms with E-state index in [2.05, 4.69) is 0 Å². The van der Waals surface area contributed by atoms with Crippen molar-refractivity contribution in [2.75, 3.05) is 46.2 Å². The van der Waals surface area contributed by atoms with Gasteiger partial charge in [0.15, 0.2) is 6.61 Å². The van der Waals surface area contributed by atoms with Gasteiger partial charge in [0, 0.05) is 26.2 Å². The first-order valence-corrected chi connectivity index (χ1v) is 11.8. The molecule has 0 unspecified atom stereocenters. The Hall–Kier alpha value is -1.84. The van der Waals surface area contributed by atoms with Crippen molar-refractivity contribution in [3.05, 3.63) is 24.3 Å². The first-order chi connectivity index (χ1) is 13.8. The molecule has 0 aliphatic carbocycles. The molecule has 3 rings (SSSR count). The second-order valence-corrected chi connectivity index (χ2v) is 9.52. The van der Waals surface area contributed by atoms with Gasteiger partial charge in [-0.1, -0.05) is 0 Å². The predicted octanol–water partition coefficient (Wildman–Crippen LogP) is 1.51. The third-order valence-electron chi connectivity index (χ3n) is 5.47. The van der Waals surface area contributed by atoms with Crippen molar-refractivity contribution in [1.29, 1.82) is 0 Å². The number of carbonyl (C=O) groups is 1. The fourth-order valence-electron chi connectivity index (χ4n) is 3.72. The van der Waals surface area contributed by atoms with E-state index in [9.17, 15) is 13.2 Å². The lowest BCUT2D eigenvalue weighted by Crippen LogP contribution is -2.45. The molecule has 1 amide bonds. The van der Waals surface area contributed by atoms with E-state index in [1.165, 1.54) is 10.6 Å². The number of sulfonamides is 1. The number of nitrogens with zero attached hydrogens (tertiary/aromatic N) is 2. The smallest absolute Gasteiger partial charge is 0.260 e. The molecule has 0 aromatic heterocycles. The average Bonchev–Trinajstić information content (AvgIpc) is 2.72. The van der Waals surface area contributed by atoms with Gasteiger partial charge >= 0.3 is 0 Å². The Morgan fingerprint density at radius 3 is 2.00 bits per heavy atom. The first kappa shape index (κ1) is 21.9. The maximum absolute atomic E-state index is 12.4. The van der Waals surface area contributed by atoms with Gasteiger partial charge in [0.05, 0.1) is 25.6 Å². The molecule has 8 nitrogen and oxygen atoms in total. The lowest BCUT2D eigenvalue weighted by atomic mass is 10.1. The zero-order valence-electron chi connectivity index (χ0n) is 17.1. The van der Waals surface area contributed by atoms with Crippen LogP contribution < -0.4 is 9.47 Å². The third kappa shape index (κ3) is 6.32. The minimum Gasteiger partial charge on any atom is -0.497 e. The molecule has 0 radical (unpaired) electrons. The summed E-state index contributed by atoms with van der Waals surface area (Å²) < 4.78 is 41.5. The van der Waals surface area contributed by atoms with Crippen molar-refractivity contribution in [3.8, 4) is 11.5 Å². The topological polar surface area (TPSA) is 85.4 Å². The van der Waals surface area contributed by atoms with Gasteiger partial charge in [-0.15, -0.1) is 0 Å². The van der Waals surface area contributed by atoms with Crippen molar-refractivity contribution >= 4 is 15.9 Å². The second-order valence-electron chi connectivity index (χ2n) is 7.54. The van der Waals surface area contributed by atoms with E-state index in [4.69, 9.17) is 14.2 Å². The van der Waals surface area contributed by atoms with Gasteiger partial charge < -0.3 is 19.1 Å². The summed E-state index contributed by atoms with van der Waals surface area (Å²) in [4.78, 5) is 14.2. The number of piperidine rings is 2. The summed E-state index contributed by atoms with van der Waals surface area (Å²) in [6.07, 6.45) is 4.50. The lowest BCUT2D eigenvalue weighted by Gasteiger charge is -2.36. The van der Waals surface area contributed by atoms with Gasteiger partial charge in [-0.3, -0.25) is 4.79 Å². The number of amides is 1. The number of hydrogen-bond donors (Lipinski definition) is 0. The Labute approximate surface area is 172 Å². The van der Waals surface area contributed by atoms with Gasteiger partial charge in [-0.2, -0.15) is 0 Å². The molecular weight excluding hydrogens is 396 g/mol. The van der Waals surface area contributed by atoms with Crippen LogP contribution in [0.2, 0.25) is 0 Å². The summed E-state index contributed by atoms with van der Waals surface area (Å²) in [5, 5.41) is 0. The number of methoxy groups -OCH3 is 1. The molecule has 1 aromatic carbocycles. The van der Waals surface area contributed by atoms with E-state index < -0.39 is 10.0 Å². The summed E-state index contributed by atoms with van der Waals surface area (Å²) in [5.74, 6) is 1.35. The molecule has 162 valence electrons. The lowest BCUT2D eigenvalue weighted by molar-refractivity contribution is -0.137. The maximum atomic E-state index is 12.4. The standard InChI is InChI=1S/C20H30N2O6S/c1-26-16-3-5-17(6-4-16)27-15-20(23)21-11-7-18(8-12-21)28-19-9-13-22(14-10-19)29(2,24)25/h3-6,18-19H,7-15H2,1-2H3. The molecule has 0 atom stereocenters. The Morgan fingerprint density at radius 1 is 0.966 bits per heavy atom. The van der Waals surface area contributed by atoms with Crippen LogP contribution >= 0.6 is 0 Å². The van der Waals surface area contributed by atoms with Gasteiger partial charge in [0.25, 0.3) is 5.91 Å². The minimum absolute atomic E-state index is 0.0157. The number of benzene rings is 1. The van der Waals surface area contributed by atoms with Crippen LogP contribution in [0.4, 0.5) is 0 Å². The Balaban J connectivity index is 1.36. The normalized spacial score (nSPS) is 19.9. The van der Waals surface area contributed by atoms with Crippen LogP contribution in [0, 0.1) is 0 Å². The molecule has 2 aliphatic heterocycles. The summed E-state index contributed by atoms with van der Waals surface area (Å²) in [5.41, 5.74) is 0. The van der Waals surface area contributed by atoms with Crippen molar-refractivity contribution in [1.82, 2.24) is 9.21 Å². The Kier molecular flexibility index (Phi) is 7.37. The molecule has 0 bridgehead atoms. The number of rotatable bonds is 7. The number of ether oxygens (including phenoxy) is 3. The molecule has 0 N–H and O–H groups in total. The third-order valence-corrected chi connectivity index (χ3v) is 6.77. The zero-order valence-corrected chi connectivity index (χ0v) is 17.9. The summed E-state index contributed by atoms with van der Waals surface area (Å²) in [6.45, 7) is 2.35. The van der Waals surface area contributed by atoms with Crippen molar-refractivity contribution < 1.29 is 27.4 Å². The molecule has 2 saturated heterocycles. The predicted molar refractivity (Wildman–Crippen MR) is 109 cm³/mol. The summed E-state index contributed by atoms with van der Waals surface area (Å²) >= 11 is 0. The van der Waals surface area contributed by atoms with E-state index in [0.717, 1.165) is 31.4 Å². The van der Waals surface area contributed by atoms with Crippen molar-refractivity contribution in [2.45, 2.75) is 37.9 Å². The number of likely N-dealkylation sites (tertiary alicyclic amines) is 1. The van der Waals surface area contributed by atoms with Gasteiger partial charge in [0.2, 0.25) is 10.0 Å². The van der Waals surface area contributed by atoms with Crippen LogP contribution in [-0.4, -0.2) is 81.9 Å². The largest absolute Gasteiger partial charge is 0.497 e. The molecule has 0 saturated carbocycles. The summed E-state index contributed by atoms with van der Waals surface area (Å²) in [7, 11) is -1.51. The summed E-state index contributed by atoms with van der Waals surface area (Å²) in [6, 6.07) is 7.15. The Bertz CT molecular complexity index is 767. The maximum Gasteiger partial charge on any atom is 0.260 e. The quantitative estimate of drug-likeness (QED) is 0.657. The highest BCUT2D eigenvalue weighted by atomic mass is 32.2. The van der Waals surface area contributed by atoms with Crippen LogP contribution in [0.15, 0.2) is 24.3 Å². The monoisotopic (exact) mass is 426 g/mol. The number of carbonyl (C=O) groups excluding carboxylic acids is 1. The fraction of sp³-hybridized carbons (Fsp3) is 0.650. The second kappa shape index (κ2) is 9.77. The highest BCUT2D eigenvalue weighted by Gasteiger charge is 2.29. The van der Waals surface area contributed by atoms with E-state index in [1.54, 1.807) is 31.4 Å². The van der Waals surface area contributed by atoms with Gasteiger partial charge in [-0.05, 0) is 49.9 Å². The van der Waals surface area contributed by atoms with Crippen molar-refractivity contribution in [2.24, 2.45) is 0 Å². The van der Waals surface area contributed by atoms with Crippen LogP contribution in [0.3, 0.4) is 0 Å². The first-order valence-electron chi connectivity index (χ1n) is 10.0. The molecule has 2 heterocycles. The molecule has 1 aromatic rings. The molecular formula is C20H30N2O6S. The molecule has 0 spiro atoms. The SMILES string of the molecule is COc1ccc(OCC(=O)N2CCC(OC3CCN(S(C)(=O)=O)CC3)CC2)cc1. The average molecular weight is 427 g/mol. The van der Waals surface area contributed by atoms with E-state index in [1.807, 2.05) is 4.90 Å². The molecule has 9 heteroatoms. The fourth-order valence-corrected chi connectivity index (χ4v) is 4.60. The highest BCUT2D eigenvalue weighted by molar-refractivity contribution is 7.88. The van der Waals surface area contributed by atoms with Crippen LogP contribution in [0.1, 0.15) is 25.7 Å². The highest BCUT2D eigenvalue weighted by Crippen LogP contribution is 2.22. The molecule has 29 heavy (non-hydrogen) atoms. The van der Waals surface area contributed by atoms with E-state index in [-0.39, 0.29) is 24.7 Å². The zero-order chi connectivity index (χ0) is 20.9. The van der Waals surface area contributed by atoms with E-state index >= 15 is 0 Å². The van der Waals surface area contributed by atoms with Crippen molar-refractivity contribution in [3.63, 3.8) is 0 Å². The molecule has 2 aliphatic rings. The van der Waals surface area contributed by atoms with E-state index in [0.29, 0.717) is 31.9 Å². The van der Waals surface area contributed by atoms with Crippen LogP contribution in [0.25, 0.3) is 0 Å². The minimum atomic E-state index is -3.11. The van der Waals surface area contributed by atoms with Crippen LogP contribution in [-0.2, 0) is 19.6 Å².